The van der Waals surface area contributed by atoms with E-state index in [9.17, 15) is 9.59 Å². The molecule has 2 amide bonds. The third-order valence-electron chi connectivity index (χ3n) is 5.85. The zero-order valence-corrected chi connectivity index (χ0v) is 22.0. The summed E-state index contributed by atoms with van der Waals surface area (Å²) >= 11 is 0. The normalized spacial score (nSPS) is 12.0. The second-order valence-electron chi connectivity index (χ2n) is 9.84. The van der Waals surface area contributed by atoms with Gasteiger partial charge in [0.2, 0.25) is 11.7 Å². The van der Waals surface area contributed by atoms with Gasteiger partial charge in [0.15, 0.2) is 0 Å². The summed E-state index contributed by atoms with van der Waals surface area (Å²) in [6.07, 6.45) is -0.192. The Morgan fingerprint density at radius 1 is 0.947 bits per heavy atom. The molecule has 2 N–H and O–H groups in total. The molecule has 3 aromatic carbocycles. The number of carbonyl (C=O) groups excluding carboxylic acids is 2. The number of hydrogen-bond acceptors (Lipinski definition) is 6. The van der Waals surface area contributed by atoms with Crippen LogP contribution in [0.4, 0.5) is 10.5 Å². The minimum atomic E-state index is -0.730. The number of amides is 2. The minimum Gasteiger partial charge on any atom is -0.444 e. The lowest BCUT2D eigenvalue weighted by Gasteiger charge is -2.28. The average Bonchev–Trinajstić information content (AvgIpc) is 3.45. The fraction of sp³-hybridized carbons (Fsp3) is 0.276. The largest absolute Gasteiger partial charge is 0.444 e. The van der Waals surface area contributed by atoms with Crippen molar-refractivity contribution in [1.82, 2.24) is 25.9 Å². The molecule has 9 nitrogen and oxygen atoms in total. The van der Waals surface area contributed by atoms with Crippen LogP contribution in [0.1, 0.15) is 39.7 Å². The second-order valence-corrected chi connectivity index (χ2v) is 9.84. The number of ether oxygens (including phenoxy) is 1. The molecule has 1 atom stereocenters. The molecular formula is C29H32N6O3. The number of alkyl carbamates (subject to hydrolysis) is 1. The number of tetrazole rings is 1. The minimum absolute atomic E-state index is 0.212. The summed E-state index contributed by atoms with van der Waals surface area (Å²) in [5.41, 5.74) is 3.86. The van der Waals surface area contributed by atoms with Crippen LogP contribution >= 0.6 is 0 Å². The molecule has 0 radical (unpaired) electrons. The highest BCUT2D eigenvalue weighted by Crippen LogP contribution is 2.30. The Bertz CT molecular complexity index is 1350. The lowest BCUT2D eigenvalue weighted by molar-refractivity contribution is -0.120. The first-order chi connectivity index (χ1) is 18.2. The maximum atomic E-state index is 13.7. The van der Waals surface area contributed by atoms with E-state index >= 15 is 0 Å². The summed E-state index contributed by atoms with van der Waals surface area (Å²) in [7, 11) is 0. The predicted molar refractivity (Wildman–Crippen MR) is 146 cm³/mol. The number of H-pyrrole nitrogens is 1. The van der Waals surface area contributed by atoms with Crippen LogP contribution in [0.5, 0.6) is 0 Å². The number of aromatic amines is 1. The van der Waals surface area contributed by atoms with E-state index < -0.39 is 17.7 Å². The van der Waals surface area contributed by atoms with Gasteiger partial charge in [0.25, 0.3) is 0 Å². The molecule has 0 aliphatic heterocycles. The van der Waals surface area contributed by atoms with E-state index in [4.69, 9.17) is 4.74 Å². The molecule has 0 aliphatic carbocycles. The van der Waals surface area contributed by atoms with Gasteiger partial charge in [-0.1, -0.05) is 73.7 Å². The molecule has 4 rings (SSSR count). The molecule has 196 valence electrons. The fourth-order valence-corrected chi connectivity index (χ4v) is 4.06. The van der Waals surface area contributed by atoms with Gasteiger partial charge < -0.3 is 15.0 Å². The zero-order chi connectivity index (χ0) is 27.1. The summed E-state index contributed by atoms with van der Waals surface area (Å²) in [4.78, 5) is 27.8. The first kappa shape index (κ1) is 26.5. The van der Waals surface area contributed by atoms with Crippen LogP contribution in [0.2, 0.25) is 0 Å². The SMILES string of the molecule is CC[C@@H](NC(=O)OC(C)(C)C)C(=O)N(Cc1ccc(-c2ccccc2-c2nn[nH]n2)cc1)c1ccccc1. The van der Waals surface area contributed by atoms with E-state index in [2.05, 4.69) is 25.9 Å². The van der Waals surface area contributed by atoms with Gasteiger partial charge in [-0.15, -0.1) is 10.2 Å². The van der Waals surface area contributed by atoms with Gasteiger partial charge in [-0.2, -0.15) is 5.21 Å². The third-order valence-corrected chi connectivity index (χ3v) is 5.85. The first-order valence-corrected chi connectivity index (χ1v) is 12.5. The van der Waals surface area contributed by atoms with Crippen LogP contribution in [0, 0.1) is 0 Å². The number of aromatic nitrogens is 4. The molecule has 0 spiro atoms. The van der Waals surface area contributed by atoms with Crippen molar-refractivity contribution in [3.05, 3.63) is 84.4 Å². The summed E-state index contributed by atoms with van der Waals surface area (Å²) in [5.74, 6) is 0.310. The summed E-state index contributed by atoms with van der Waals surface area (Å²) in [5, 5.41) is 17.1. The molecule has 38 heavy (non-hydrogen) atoms. The van der Waals surface area contributed by atoms with Crippen LogP contribution < -0.4 is 10.2 Å². The standard InChI is InChI=1S/C29H32N6O3/c1-5-25(30-28(37)38-29(2,3)4)27(36)35(22-11-7-6-8-12-22)19-20-15-17-21(18-16-20)23-13-9-10-14-24(23)26-31-33-34-32-26/h6-18,25H,5,19H2,1-4H3,(H,30,37)(H,31,32,33,34)/t25-/m1/s1. The Morgan fingerprint density at radius 3 is 2.21 bits per heavy atom. The molecule has 1 aromatic heterocycles. The van der Waals surface area contributed by atoms with Crippen LogP contribution in [0.3, 0.4) is 0 Å². The second kappa shape index (κ2) is 11.7. The van der Waals surface area contributed by atoms with E-state index in [-0.39, 0.29) is 5.91 Å². The number of carbonyl (C=O) groups is 2. The van der Waals surface area contributed by atoms with E-state index in [1.54, 1.807) is 25.7 Å². The molecule has 0 bridgehead atoms. The van der Waals surface area contributed by atoms with E-state index in [0.717, 1.165) is 27.9 Å². The van der Waals surface area contributed by atoms with Gasteiger partial charge in [0, 0.05) is 11.3 Å². The molecular weight excluding hydrogens is 480 g/mol. The lowest BCUT2D eigenvalue weighted by atomic mass is 9.98. The molecule has 4 aromatic rings. The Morgan fingerprint density at radius 2 is 1.61 bits per heavy atom. The molecule has 9 heteroatoms. The van der Waals surface area contributed by atoms with Crippen molar-refractivity contribution in [3.63, 3.8) is 0 Å². The maximum absolute atomic E-state index is 13.7. The molecule has 0 unspecified atom stereocenters. The number of hydrogen-bond donors (Lipinski definition) is 2. The van der Waals surface area contributed by atoms with Crippen molar-refractivity contribution in [2.75, 3.05) is 4.90 Å². The monoisotopic (exact) mass is 512 g/mol. The van der Waals surface area contributed by atoms with Crippen LogP contribution in [0.15, 0.2) is 78.9 Å². The van der Waals surface area contributed by atoms with Crippen molar-refractivity contribution >= 4 is 17.7 Å². The Labute approximate surface area is 222 Å². The third kappa shape index (κ3) is 6.61. The number of nitrogens with zero attached hydrogens (tertiary/aromatic N) is 4. The van der Waals surface area contributed by atoms with Crippen molar-refractivity contribution in [3.8, 4) is 22.5 Å². The molecule has 0 saturated carbocycles. The summed E-state index contributed by atoms with van der Waals surface area (Å²) in [6.45, 7) is 7.56. The van der Waals surface area contributed by atoms with E-state index in [1.807, 2.05) is 85.8 Å². The highest BCUT2D eigenvalue weighted by atomic mass is 16.6. The predicted octanol–water partition coefficient (Wildman–Crippen LogP) is 5.37. The topological polar surface area (TPSA) is 113 Å². The average molecular weight is 513 g/mol. The number of rotatable bonds is 8. The van der Waals surface area contributed by atoms with E-state index in [1.165, 1.54) is 0 Å². The zero-order valence-electron chi connectivity index (χ0n) is 22.0. The summed E-state index contributed by atoms with van der Waals surface area (Å²) in [6, 6.07) is 24.6. The van der Waals surface area contributed by atoms with E-state index in [0.29, 0.717) is 18.8 Å². The van der Waals surface area contributed by atoms with Crippen molar-refractivity contribution in [2.24, 2.45) is 0 Å². The van der Waals surface area contributed by atoms with Crippen LogP contribution in [-0.4, -0.2) is 44.3 Å². The molecule has 0 fully saturated rings. The van der Waals surface area contributed by atoms with Gasteiger partial charge in [-0.3, -0.25) is 4.79 Å². The smallest absolute Gasteiger partial charge is 0.408 e. The Hall–Kier alpha value is -4.53. The van der Waals surface area contributed by atoms with Crippen LogP contribution in [0.25, 0.3) is 22.5 Å². The van der Waals surface area contributed by atoms with Gasteiger partial charge in [-0.25, -0.2) is 4.79 Å². The molecule has 0 aliphatic rings. The molecule has 0 saturated heterocycles. The number of para-hydroxylation sites is 1. The first-order valence-electron chi connectivity index (χ1n) is 12.5. The molecule has 1 heterocycles. The number of benzene rings is 3. The van der Waals surface area contributed by atoms with Gasteiger partial charge in [0.05, 0.1) is 6.54 Å². The highest BCUT2D eigenvalue weighted by molar-refractivity contribution is 5.98. The van der Waals surface area contributed by atoms with Gasteiger partial charge in [0.1, 0.15) is 11.6 Å². The highest BCUT2D eigenvalue weighted by Gasteiger charge is 2.28. The van der Waals surface area contributed by atoms with Crippen LogP contribution in [-0.2, 0) is 16.1 Å². The quantitative estimate of drug-likeness (QED) is 0.328. The van der Waals surface area contributed by atoms with Gasteiger partial charge >= 0.3 is 6.09 Å². The van der Waals surface area contributed by atoms with Crippen molar-refractivity contribution < 1.29 is 14.3 Å². The number of nitrogens with one attached hydrogen (secondary N) is 2. The van der Waals surface area contributed by atoms with Crippen molar-refractivity contribution in [2.45, 2.75) is 52.3 Å². The van der Waals surface area contributed by atoms with Gasteiger partial charge in [-0.05, 0) is 61.2 Å². The maximum Gasteiger partial charge on any atom is 0.408 e. The Balaban J connectivity index is 1.57. The lowest BCUT2D eigenvalue weighted by Crippen LogP contribution is -2.49. The Kier molecular flexibility index (Phi) is 8.15. The summed E-state index contributed by atoms with van der Waals surface area (Å²) < 4.78 is 5.38. The van der Waals surface area contributed by atoms with Crippen molar-refractivity contribution in [1.29, 1.82) is 0 Å². The number of anilines is 1. The fourth-order valence-electron chi connectivity index (χ4n) is 4.06.